The largest absolute Gasteiger partial charge is 0.300 e. The van der Waals surface area contributed by atoms with Crippen LogP contribution in [-0.4, -0.2) is 25.1 Å². The fourth-order valence-electron chi connectivity index (χ4n) is 2.74. The number of nitrogens with one attached hydrogen (secondary N) is 2. The Balaban J connectivity index is 1.75. The summed E-state index contributed by atoms with van der Waals surface area (Å²) < 4.78 is 0. The highest BCUT2D eigenvalue weighted by molar-refractivity contribution is 7.16. The van der Waals surface area contributed by atoms with Crippen LogP contribution in [-0.2, 0) is 11.8 Å². The zero-order valence-electron chi connectivity index (χ0n) is 12.6. The molecule has 1 aliphatic carbocycles. The van der Waals surface area contributed by atoms with Gasteiger partial charge in [0.05, 0.1) is 11.9 Å². The Labute approximate surface area is 132 Å². The third-order valence-corrected chi connectivity index (χ3v) is 5.17. The first-order valence-corrected chi connectivity index (χ1v) is 7.94. The standard InChI is InChI=1S/C15H16N6S/c1-8-5-16-13(17-6-8)20-14-19-11-9-7-18-21-10(9)4-15(2,3)12(11)22-14/h5-7H,4H2,1-3H3,(H,18,21)(H,16,17,19,20). The third-order valence-electron chi connectivity index (χ3n) is 3.83. The van der Waals surface area contributed by atoms with Crippen LogP contribution in [0.15, 0.2) is 18.6 Å². The van der Waals surface area contributed by atoms with E-state index in [2.05, 4.69) is 39.3 Å². The topological polar surface area (TPSA) is 79.4 Å². The molecule has 0 saturated heterocycles. The molecule has 0 saturated carbocycles. The van der Waals surface area contributed by atoms with Crippen molar-refractivity contribution in [3.63, 3.8) is 0 Å². The van der Waals surface area contributed by atoms with Crippen LogP contribution in [0.5, 0.6) is 0 Å². The number of rotatable bonds is 2. The summed E-state index contributed by atoms with van der Waals surface area (Å²) in [5.74, 6) is 0.571. The number of thiazole rings is 1. The first-order valence-electron chi connectivity index (χ1n) is 7.12. The van der Waals surface area contributed by atoms with Crippen LogP contribution < -0.4 is 5.32 Å². The minimum absolute atomic E-state index is 0.0423. The highest BCUT2D eigenvalue weighted by Crippen LogP contribution is 2.46. The zero-order chi connectivity index (χ0) is 15.3. The molecule has 1 aliphatic rings. The Morgan fingerprint density at radius 3 is 2.77 bits per heavy atom. The summed E-state index contributed by atoms with van der Waals surface area (Å²) in [6.45, 7) is 6.44. The molecule has 4 rings (SSSR count). The fraction of sp³-hybridized carbons (Fsp3) is 0.333. The number of fused-ring (bicyclic) bond motifs is 3. The van der Waals surface area contributed by atoms with Crippen LogP contribution in [0, 0.1) is 6.92 Å². The molecule has 0 radical (unpaired) electrons. The summed E-state index contributed by atoms with van der Waals surface area (Å²) in [5.41, 5.74) is 4.35. The molecule has 2 N–H and O–H groups in total. The van der Waals surface area contributed by atoms with Crippen LogP contribution in [0.3, 0.4) is 0 Å². The number of hydrogen-bond acceptors (Lipinski definition) is 6. The molecule has 0 atom stereocenters. The number of aryl methyl sites for hydroxylation is 1. The molecule has 112 valence electrons. The van der Waals surface area contributed by atoms with Gasteiger partial charge in [0, 0.05) is 33.9 Å². The number of aromatic nitrogens is 5. The highest BCUT2D eigenvalue weighted by atomic mass is 32.1. The van der Waals surface area contributed by atoms with Crippen molar-refractivity contribution in [1.29, 1.82) is 0 Å². The molecule has 6 nitrogen and oxygen atoms in total. The normalized spacial score (nSPS) is 15.2. The molecular formula is C15H16N6S. The third kappa shape index (κ3) is 2.09. The Hall–Kier alpha value is -2.28. The quantitative estimate of drug-likeness (QED) is 0.759. The molecule has 3 aromatic rings. The lowest BCUT2D eigenvalue weighted by Crippen LogP contribution is -2.23. The van der Waals surface area contributed by atoms with Gasteiger partial charge in [0.1, 0.15) is 0 Å². The summed E-state index contributed by atoms with van der Waals surface area (Å²) >= 11 is 1.66. The average molecular weight is 312 g/mol. The van der Waals surface area contributed by atoms with Gasteiger partial charge in [0.15, 0.2) is 5.13 Å². The maximum absolute atomic E-state index is 4.75. The molecule has 0 aliphatic heterocycles. The first-order chi connectivity index (χ1) is 10.5. The van der Waals surface area contributed by atoms with Gasteiger partial charge in [0.25, 0.3) is 0 Å². The summed E-state index contributed by atoms with van der Waals surface area (Å²) in [7, 11) is 0. The van der Waals surface area contributed by atoms with E-state index in [0.29, 0.717) is 5.95 Å². The lowest BCUT2D eigenvalue weighted by molar-refractivity contribution is 0.519. The SMILES string of the molecule is Cc1cnc(Nc2nc3c(s2)C(C)(C)Cc2[nH]ncc2-3)nc1. The summed E-state index contributed by atoms with van der Waals surface area (Å²) in [6.07, 6.45) is 6.38. The van der Waals surface area contributed by atoms with Gasteiger partial charge < -0.3 is 5.32 Å². The van der Waals surface area contributed by atoms with Crippen molar-refractivity contribution in [3.05, 3.63) is 34.7 Å². The van der Waals surface area contributed by atoms with Gasteiger partial charge in [-0.3, -0.25) is 5.10 Å². The van der Waals surface area contributed by atoms with E-state index in [1.165, 1.54) is 4.88 Å². The van der Waals surface area contributed by atoms with E-state index in [1.54, 1.807) is 23.7 Å². The molecule has 0 bridgehead atoms. The lowest BCUT2D eigenvalue weighted by Gasteiger charge is -2.27. The Morgan fingerprint density at radius 1 is 1.23 bits per heavy atom. The van der Waals surface area contributed by atoms with Crippen LogP contribution in [0.25, 0.3) is 11.3 Å². The van der Waals surface area contributed by atoms with E-state index < -0.39 is 0 Å². The van der Waals surface area contributed by atoms with Gasteiger partial charge in [-0.25, -0.2) is 15.0 Å². The Morgan fingerprint density at radius 2 is 2.00 bits per heavy atom. The number of aromatic amines is 1. The van der Waals surface area contributed by atoms with E-state index in [-0.39, 0.29) is 5.41 Å². The number of H-pyrrole nitrogens is 1. The molecule has 7 heteroatoms. The highest BCUT2D eigenvalue weighted by Gasteiger charge is 2.35. The van der Waals surface area contributed by atoms with E-state index in [0.717, 1.165) is 34.1 Å². The Bertz CT molecular complexity index is 830. The van der Waals surface area contributed by atoms with Gasteiger partial charge in [-0.15, -0.1) is 11.3 Å². The Kier molecular flexibility index (Phi) is 2.80. The summed E-state index contributed by atoms with van der Waals surface area (Å²) in [4.78, 5) is 14.6. The van der Waals surface area contributed by atoms with Crippen molar-refractivity contribution in [3.8, 4) is 11.3 Å². The van der Waals surface area contributed by atoms with Crippen LogP contribution in [0.4, 0.5) is 11.1 Å². The molecular weight excluding hydrogens is 296 g/mol. The fourth-order valence-corrected chi connectivity index (χ4v) is 3.81. The van der Waals surface area contributed by atoms with Crippen molar-refractivity contribution in [1.82, 2.24) is 25.1 Å². The van der Waals surface area contributed by atoms with Crippen LogP contribution in [0.2, 0.25) is 0 Å². The van der Waals surface area contributed by atoms with Crippen LogP contribution >= 0.6 is 11.3 Å². The van der Waals surface area contributed by atoms with Gasteiger partial charge in [0.2, 0.25) is 5.95 Å². The summed E-state index contributed by atoms with van der Waals surface area (Å²) in [6, 6.07) is 0. The first kappa shape index (κ1) is 13.4. The van der Waals surface area contributed by atoms with E-state index in [4.69, 9.17) is 4.98 Å². The van der Waals surface area contributed by atoms with Gasteiger partial charge in [-0.05, 0) is 18.9 Å². The molecule has 3 heterocycles. The molecule has 0 unspecified atom stereocenters. The van der Waals surface area contributed by atoms with E-state index in [1.807, 2.05) is 13.1 Å². The van der Waals surface area contributed by atoms with Gasteiger partial charge in [-0.1, -0.05) is 13.8 Å². The zero-order valence-corrected chi connectivity index (χ0v) is 13.5. The number of nitrogens with zero attached hydrogens (tertiary/aromatic N) is 4. The molecule has 0 fully saturated rings. The molecule has 22 heavy (non-hydrogen) atoms. The van der Waals surface area contributed by atoms with Gasteiger partial charge >= 0.3 is 0 Å². The van der Waals surface area contributed by atoms with Crippen molar-refractivity contribution in [2.45, 2.75) is 32.6 Å². The van der Waals surface area contributed by atoms with Crippen molar-refractivity contribution in [2.24, 2.45) is 0 Å². The minimum atomic E-state index is 0.0423. The summed E-state index contributed by atoms with van der Waals surface area (Å²) in [5, 5.41) is 11.3. The van der Waals surface area contributed by atoms with Crippen LogP contribution in [0.1, 0.15) is 30.0 Å². The second-order valence-corrected chi connectivity index (χ2v) is 7.23. The second-order valence-electron chi connectivity index (χ2n) is 6.23. The monoisotopic (exact) mass is 312 g/mol. The smallest absolute Gasteiger partial charge is 0.228 e. The van der Waals surface area contributed by atoms with E-state index in [9.17, 15) is 0 Å². The molecule has 0 aromatic carbocycles. The predicted molar refractivity (Wildman–Crippen MR) is 86.5 cm³/mol. The second kappa shape index (κ2) is 4.61. The maximum atomic E-state index is 4.75. The minimum Gasteiger partial charge on any atom is -0.300 e. The van der Waals surface area contributed by atoms with E-state index >= 15 is 0 Å². The van der Waals surface area contributed by atoms with Crippen molar-refractivity contribution in [2.75, 3.05) is 5.32 Å². The number of anilines is 2. The number of hydrogen-bond donors (Lipinski definition) is 2. The van der Waals surface area contributed by atoms with Crippen molar-refractivity contribution < 1.29 is 0 Å². The lowest BCUT2D eigenvalue weighted by atomic mass is 9.79. The van der Waals surface area contributed by atoms with Gasteiger partial charge in [-0.2, -0.15) is 5.10 Å². The maximum Gasteiger partial charge on any atom is 0.228 e. The molecule has 0 amide bonds. The predicted octanol–water partition coefficient (Wildman–Crippen LogP) is 3.21. The molecule has 0 spiro atoms. The average Bonchev–Trinajstić information content (AvgIpc) is 3.07. The molecule has 3 aromatic heterocycles. The van der Waals surface area contributed by atoms with Crippen molar-refractivity contribution >= 4 is 22.4 Å².